The summed E-state index contributed by atoms with van der Waals surface area (Å²) in [5, 5.41) is 4.45. The van der Waals surface area contributed by atoms with Gasteiger partial charge in [-0.15, -0.1) is 0 Å². The van der Waals surface area contributed by atoms with Crippen molar-refractivity contribution in [3.63, 3.8) is 0 Å². The van der Waals surface area contributed by atoms with Gasteiger partial charge in [0.05, 0.1) is 5.69 Å². The number of nitrogens with zero attached hydrogens (tertiary/aromatic N) is 3. The van der Waals surface area contributed by atoms with Crippen molar-refractivity contribution >= 4 is 12.0 Å². The Kier molecular flexibility index (Phi) is 2.17. The number of aryl methyl sites for hydroxylation is 2. The van der Waals surface area contributed by atoms with E-state index in [0.717, 1.165) is 25.1 Å². The number of rotatable bonds is 2. The fourth-order valence-electron chi connectivity index (χ4n) is 1.84. The van der Waals surface area contributed by atoms with Crippen molar-refractivity contribution in [1.29, 1.82) is 0 Å². The van der Waals surface area contributed by atoms with Crippen LogP contribution in [0.3, 0.4) is 0 Å². The standard InChI is InChI=1S/C10H15N3/c1-3-7-11-10-8-5-4-6-9(8)12-13(10)2/h7H,3-6H2,1-2H3. The molecule has 3 heteroatoms. The molecule has 0 N–H and O–H groups in total. The van der Waals surface area contributed by atoms with Crippen LogP contribution in [0.15, 0.2) is 4.99 Å². The summed E-state index contributed by atoms with van der Waals surface area (Å²) in [5.74, 6) is 1.06. The Bertz CT molecular complexity index is 336. The van der Waals surface area contributed by atoms with Crippen LogP contribution in [0.25, 0.3) is 0 Å². The molecule has 0 aliphatic heterocycles. The maximum Gasteiger partial charge on any atom is 0.153 e. The highest BCUT2D eigenvalue weighted by atomic mass is 15.3. The zero-order valence-corrected chi connectivity index (χ0v) is 8.25. The molecule has 0 radical (unpaired) electrons. The second-order valence-corrected chi connectivity index (χ2v) is 3.45. The molecular formula is C10H15N3. The van der Waals surface area contributed by atoms with Crippen LogP contribution in [0.1, 0.15) is 31.0 Å². The molecule has 70 valence electrons. The van der Waals surface area contributed by atoms with E-state index in [9.17, 15) is 0 Å². The highest BCUT2D eigenvalue weighted by Crippen LogP contribution is 2.29. The normalized spacial score (nSPS) is 15.5. The predicted molar refractivity (Wildman–Crippen MR) is 53.7 cm³/mol. The maximum atomic E-state index is 4.45. The Morgan fingerprint density at radius 3 is 3.15 bits per heavy atom. The molecule has 0 bridgehead atoms. The fraction of sp³-hybridized carbons (Fsp3) is 0.600. The Morgan fingerprint density at radius 1 is 1.54 bits per heavy atom. The second-order valence-electron chi connectivity index (χ2n) is 3.45. The minimum Gasteiger partial charge on any atom is -0.250 e. The molecule has 0 unspecified atom stereocenters. The third kappa shape index (κ3) is 1.39. The van der Waals surface area contributed by atoms with Crippen molar-refractivity contribution in [2.75, 3.05) is 0 Å². The molecule has 1 aliphatic carbocycles. The lowest BCUT2D eigenvalue weighted by molar-refractivity contribution is 0.731. The van der Waals surface area contributed by atoms with E-state index in [2.05, 4.69) is 17.0 Å². The zero-order chi connectivity index (χ0) is 9.26. The van der Waals surface area contributed by atoms with Gasteiger partial charge in [-0.05, 0) is 25.7 Å². The highest BCUT2D eigenvalue weighted by molar-refractivity contribution is 5.63. The first kappa shape index (κ1) is 8.48. The molecule has 0 saturated heterocycles. The van der Waals surface area contributed by atoms with E-state index in [-0.39, 0.29) is 0 Å². The van der Waals surface area contributed by atoms with Crippen molar-refractivity contribution in [3.8, 4) is 0 Å². The molecule has 1 aromatic heterocycles. The lowest BCUT2D eigenvalue weighted by Gasteiger charge is -1.96. The monoisotopic (exact) mass is 177 g/mol. The van der Waals surface area contributed by atoms with Crippen LogP contribution in [0, 0.1) is 0 Å². The molecule has 2 rings (SSSR count). The SMILES string of the molecule is CCC=Nc1c2c(nn1C)CCC2. The van der Waals surface area contributed by atoms with Crippen LogP contribution >= 0.6 is 0 Å². The van der Waals surface area contributed by atoms with Crippen molar-refractivity contribution in [2.45, 2.75) is 32.6 Å². The first-order chi connectivity index (χ1) is 6.33. The van der Waals surface area contributed by atoms with E-state index in [1.54, 1.807) is 0 Å². The Labute approximate surface area is 78.5 Å². The molecule has 0 aromatic carbocycles. The van der Waals surface area contributed by atoms with Gasteiger partial charge in [-0.25, -0.2) is 4.99 Å². The van der Waals surface area contributed by atoms with Gasteiger partial charge in [0.25, 0.3) is 0 Å². The summed E-state index contributed by atoms with van der Waals surface area (Å²) in [7, 11) is 1.97. The van der Waals surface area contributed by atoms with E-state index in [4.69, 9.17) is 0 Å². The third-order valence-corrected chi connectivity index (χ3v) is 2.43. The van der Waals surface area contributed by atoms with Crippen molar-refractivity contribution in [1.82, 2.24) is 9.78 Å². The van der Waals surface area contributed by atoms with Crippen LogP contribution in [0.4, 0.5) is 5.82 Å². The number of hydrogen-bond donors (Lipinski definition) is 0. The number of aromatic nitrogens is 2. The average molecular weight is 177 g/mol. The molecule has 13 heavy (non-hydrogen) atoms. The van der Waals surface area contributed by atoms with E-state index in [1.165, 1.54) is 17.7 Å². The molecule has 0 fully saturated rings. The van der Waals surface area contributed by atoms with E-state index >= 15 is 0 Å². The van der Waals surface area contributed by atoms with Gasteiger partial charge in [0.1, 0.15) is 0 Å². The predicted octanol–water partition coefficient (Wildman–Crippen LogP) is 2.02. The zero-order valence-electron chi connectivity index (χ0n) is 8.25. The second kappa shape index (κ2) is 3.32. The number of aliphatic imine (C=N–C) groups is 1. The summed E-state index contributed by atoms with van der Waals surface area (Å²) in [5.41, 5.74) is 2.62. The molecular weight excluding hydrogens is 162 g/mol. The molecule has 0 saturated carbocycles. The van der Waals surface area contributed by atoms with Gasteiger partial charge in [-0.2, -0.15) is 5.10 Å². The minimum atomic E-state index is 0.986. The lowest BCUT2D eigenvalue weighted by Crippen LogP contribution is -1.92. The summed E-state index contributed by atoms with van der Waals surface area (Å²) in [6.45, 7) is 2.10. The molecule has 3 nitrogen and oxygen atoms in total. The molecule has 0 atom stereocenters. The summed E-state index contributed by atoms with van der Waals surface area (Å²) in [6.07, 6.45) is 6.47. The Hall–Kier alpha value is -1.12. The van der Waals surface area contributed by atoms with E-state index in [1.807, 2.05) is 17.9 Å². The van der Waals surface area contributed by atoms with Crippen LogP contribution in [0.5, 0.6) is 0 Å². The molecule has 0 spiro atoms. The van der Waals surface area contributed by atoms with Gasteiger partial charge in [-0.3, -0.25) is 4.68 Å². The molecule has 0 amide bonds. The maximum absolute atomic E-state index is 4.45. The van der Waals surface area contributed by atoms with Gasteiger partial charge in [0.2, 0.25) is 0 Å². The number of fused-ring (bicyclic) bond motifs is 1. The van der Waals surface area contributed by atoms with Crippen molar-refractivity contribution in [3.05, 3.63) is 11.3 Å². The topological polar surface area (TPSA) is 30.2 Å². The van der Waals surface area contributed by atoms with Gasteiger partial charge in [-0.1, -0.05) is 6.92 Å². The smallest absolute Gasteiger partial charge is 0.153 e. The van der Waals surface area contributed by atoms with Crippen LogP contribution in [-0.2, 0) is 19.9 Å². The summed E-state index contributed by atoms with van der Waals surface area (Å²) in [6, 6.07) is 0. The molecule has 1 aromatic rings. The van der Waals surface area contributed by atoms with E-state index < -0.39 is 0 Å². The van der Waals surface area contributed by atoms with Crippen LogP contribution in [-0.4, -0.2) is 16.0 Å². The summed E-state index contributed by atoms with van der Waals surface area (Å²) >= 11 is 0. The molecule has 1 aliphatic rings. The van der Waals surface area contributed by atoms with Crippen LogP contribution < -0.4 is 0 Å². The quantitative estimate of drug-likeness (QED) is 0.636. The largest absolute Gasteiger partial charge is 0.250 e. The number of hydrogen-bond acceptors (Lipinski definition) is 2. The van der Waals surface area contributed by atoms with Crippen molar-refractivity contribution < 1.29 is 0 Å². The minimum absolute atomic E-state index is 0.986. The average Bonchev–Trinajstić information content (AvgIpc) is 2.62. The third-order valence-electron chi connectivity index (χ3n) is 2.43. The highest BCUT2D eigenvalue weighted by Gasteiger charge is 2.19. The van der Waals surface area contributed by atoms with Crippen LogP contribution in [0.2, 0.25) is 0 Å². The fourth-order valence-corrected chi connectivity index (χ4v) is 1.84. The van der Waals surface area contributed by atoms with Gasteiger partial charge in [0.15, 0.2) is 5.82 Å². The van der Waals surface area contributed by atoms with Gasteiger partial charge >= 0.3 is 0 Å². The first-order valence-corrected chi connectivity index (χ1v) is 4.90. The lowest BCUT2D eigenvalue weighted by atomic mass is 10.2. The van der Waals surface area contributed by atoms with Gasteiger partial charge < -0.3 is 0 Å². The summed E-state index contributed by atoms with van der Waals surface area (Å²) < 4.78 is 1.90. The summed E-state index contributed by atoms with van der Waals surface area (Å²) in [4.78, 5) is 4.43. The Morgan fingerprint density at radius 2 is 2.38 bits per heavy atom. The van der Waals surface area contributed by atoms with Gasteiger partial charge in [0, 0.05) is 18.8 Å². The Balaban J connectivity index is 2.38. The van der Waals surface area contributed by atoms with Crippen molar-refractivity contribution in [2.24, 2.45) is 12.0 Å². The van der Waals surface area contributed by atoms with E-state index in [0.29, 0.717) is 0 Å². The first-order valence-electron chi connectivity index (χ1n) is 4.90. The molecule has 1 heterocycles.